The number of benzene rings is 2. The second-order valence-electron chi connectivity index (χ2n) is 4.75. The lowest BCUT2D eigenvalue weighted by Gasteiger charge is -2.06. The lowest BCUT2D eigenvalue weighted by molar-refractivity contribution is 0.102. The standard InChI is InChI=1S/C15H10N2O5/c18-14(8-1-3-10-12(5-8)22-15(19)17-10)16-9-2-4-11-13(6-9)21-7-20-11/h1-6H,7H2,(H,16,18)(H,17,19). The summed E-state index contributed by atoms with van der Waals surface area (Å²) in [6.45, 7) is 0.177. The zero-order chi connectivity index (χ0) is 15.1. The van der Waals surface area contributed by atoms with Crippen LogP contribution in [0.15, 0.2) is 45.6 Å². The van der Waals surface area contributed by atoms with Crippen LogP contribution in [0.3, 0.4) is 0 Å². The molecule has 0 fully saturated rings. The molecule has 0 aliphatic carbocycles. The topological polar surface area (TPSA) is 93.6 Å². The Morgan fingerprint density at radius 1 is 1.09 bits per heavy atom. The van der Waals surface area contributed by atoms with Crippen molar-refractivity contribution in [3.63, 3.8) is 0 Å². The Morgan fingerprint density at radius 3 is 2.86 bits per heavy atom. The van der Waals surface area contributed by atoms with Crippen LogP contribution in [0.5, 0.6) is 11.5 Å². The van der Waals surface area contributed by atoms with Crippen molar-refractivity contribution in [2.24, 2.45) is 0 Å². The molecule has 22 heavy (non-hydrogen) atoms. The average Bonchev–Trinajstić information content (AvgIpc) is 3.10. The van der Waals surface area contributed by atoms with Crippen molar-refractivity contribution < 1.29 is 18.7 Å². The summed E-state index contributed by atoms with van der Waals surface area (Å²) in [6, 6.07) is 9.88. The SMILES string of the molecule is O=C(Nc1ccc2c(c1)OCO2)c1ccc2[nH]c(=O)oc2c1. The Labute approximate surface area is 123 Å². The second-order valence-corrected chi connectivity index (χ2v) is 4.75. The van der Waals surface area contributed by atoms with Gasteiger partial charge in [0.2, 0.25) is 6.79 Å². The number of amides is 1. The van der Waals surface area contributed by atoms with E-state index in [2.05, 4.69) is 10.3 Å². The van der Waals surface area contributed by atoms with Crippen molar-refractivity contribution in [1.29, 1.82) is 0 Å². The largest absolute Gasteiger partial charge is 0.454 e. The summed E-state index contributed by atoms with van der Waals surface area (Å²) in [5.41, 5.74) is 1.85. The van der Waals surface area contributed by atoms with E-state index in [-0.39, 0.29) is 12.7 Å². The molecular formula is C15H10N2O5. The second kappa shape index (κ2) is 4.66. The first-order valence-corrected chi connectivity index (χ1v) is 6.53. The van der Waals surface area contributed by atoms with Gasteiger partial charge in [0.15, 0.2) is 17.1 Å². The Kier molecular flexibility index (Phi) is 2.65. The van der Waals surface area contributed by atoms with Gasteiger partial charge in [-0.05, 0) is 30.3 Å². The molecule has 1 aliphatic heterocycles. The molecule has 1 aliphatic rings. The molecule has 0 bridgehead atoms. The number of oxazole rings is 1. The van der Waals surface area contributed by atoms with E-state index in [0.29, 0.717) is 33.8 Å². The Bertz CT molecular complexity index is 941. The first-order valence-electron chi connectivity index (χ1n) is 6.53. The molecule has 0 saturated heterocycles. The Morgan fingerprint density at radius 2 is 1.95 bits per heavy atom. The first-order chi connectivity index (χ1) is 10.7. The normalized spacial score (nSPS) is 12.5. The van der Waals surface area contributed by atoms with Gasteiger partial charge in [0.05, 0.1) is 5.52 Å². The van der Waals surface area contributed by atoms with Gasteiger partial charge < -0.3 is 19.2 Å². The lowest BCUT2D eigenvalue weighted by atomic mass is 10.2. The number of carbonyl (C=O) groups excluding carboxylic acids is 1. The van der Waals surface area contributed by atoms with E-state index in [1.165, 1.54) is 6.07 Å². The van der Waals surface area contributed by atoms with E-state index in [9.17, 15) is 9.59 Å². The molecule has 3 aromatic rings. The number of fused-ring (bicyclic) bond motifs is 2. The third-order valence-electron chi connectivity index (χ3n) is 3.31. The predicted octanol–water partition coefficient (Wildman–Crippen LogP) is 2.10. The molecule has 2 heterocycles. The molecule has 7 nitrogen and oxygen atoms in total. The fourth-order valence-electron chi connectivity index (χ4n) is 2.26. The summed E-state index contributed by atoms with van der Waals surface area (Å²) in [5, 5.41) is 2.75. The third kappa shape index (κ3) is 2.08. The number of aromatic nitrogens is 1. The molecular weight excluding hydrogens is 288 g/mol. The van der Waals surface area contributed by atoms with Gasteiger partial charge in [-0.15, -0.1) is 0 Å². The van der Waals surface area contributed by atoms with Gasteiger partial charge in [-0.3, -0.25) is 9.78 Å². The van der Waals surface area contributed by atoms with Crippen LogP contribution in [-0.4, -0.2) is 17.7 Å². The molecule has 2 N–H and O–H groups in total. The van der Waals surface area contributed by atoms with Crippen molar-refractivity contribution in [3.05, 3.63) is 52.5 Å². The van der Waals surface area contributed by atoms with Gasteiger partial charge in [-0.25, -0.2) is 4.79 Å². The van der Waals surface area contributed by atoms with Crippen molar-refractivity contribution in [2.75, 3.05) is 12.1 Å². The van der Waals surface area contributed by atoms with Crippen LogP contribution >= 0.6 is 0 Å². The molecule has 0 radical (unpaired) electrons. The summed E-state index contributed by atoms with van der Waals surface area (Å²) >= 11 is 0. The quantitative estimate of drug-likeness (QED) is 0.755. The number of rotatable bonds is 2. The van der Waals surface area contributed by atoms with Gasteiger partial charge in [0, 0.05) is 17.3 Å². The molecule has 1 aromatic heterocycles. The van der Waals surface area contributed by atoms with Crippen LogP contribution in [-0.2, 0) is 0 Å². The van der Waals surface area contributed by atoms with Crippen molar-refractivity contribution in [1.82, 2.24) is 4.98 Å². The maximum Gasteiger partial charge on any atom is 0.417 e. The first kappa shape index (κ1) is 12.5. The lowest BCUT2D eigenvalue weighted by Crippen LogP contribution is -2.11. The van der Waals surface area contributed by atoms with Gasteiger partial charge in [-0.1, -0.05) is 0 Å². The number of H-pyrrole nitrogens is 1. The number of aromatic amines is 1. The molecule has 0 unspecified atom stereocenters. The summed E-state index contributed by atoms with van der Waals surface area (Å²) in [5.74, 6) is 0.367. The van der Waals surface area contributed by atoms with E-state index < -0.39 is 5.76 Å². The molecule has 0 saturated carbocycles. The number of hydrogen-bond acceptors (Lipinski definition) is 5. The average molecular weight is 298 g/mol. The van der Waals surface area contributed by atoms with Gasteiger partial charge >= 0.3 is 5.76 Å². The smallest absolute Gasteiger partial charge is 0.417 e. The van der Waals surface area contributed by atoms with Gasteiger partial charge in [0.1, 0.15) is 0 Å². The van der Waals surface area contributed by atoms with Crippen LogP contribution in [0.25, 0.3) is 11.1 Å². The zero-order valence-electron chi connectivity index (χ0n) is 11.2. The number of carbonyl (C=O) groups is 1. The minimum Gasteiger partial charge on any atom is -0.454 e. The fraction of sp³-hybridized carbons (Fsp3) is 0.0667. The highest BCUT2D eigenvalue weighted by atomic mass is 16.7. The summed E-state index contributed by atoms with van der Waals surface area (Å²) in [7, 11) is 0. The van der Waals surface area contributed by atoms with Crippen LogP contribution in [0, 0.1) is 0 Å². The maximum absolute atomic E-state index is 12.3. The Balaban J connectivity index is 1.61. The molecule has 1 amide bonds. The highest BCUT2D eigenvalue weighted by Crippen LogP contribution is 2.34. The van der Waals surface area contributed by atoms with E-state index in [1.54, 1.807) is 30.3 Å². The van der Waals surface area contributed by atoms with Crippen LogP contribution < -0.4 is 20.5 Å². The molecule has 7 heteroatoms. The van der Waals surface area contributed by atoms with Crippen molar-refractivity contribution >= 4 is 22.7 Å². The van der Waals surface area contributed by atoms with Gasteiger partial charge in [-0.2, -0.15) is 0 Å². The molecule has 4 rings (SSSR count). The number of anilines is 1. The monoisotopic (exact) mass is 298 g/mol. The molecule has 110 valence electrons. The minimum absolute atomic E-state index is 0.177. The summed E-state index contributed by atoms with van der Waals surface area (Å²) in [6.07, 6.45) is 0. The summed E-state index contributed by atoms with van der Waals surface area (Å²) in [4.78, 5) is 25.9. The maximum atomic E-state index is 12.3. The number of nitrogens with one attached hydrogen (secondary N) is 2. The molecule has 2 aromatic carbocycles. The Hall–Kier alpha value is -3.22. The van der Waals surface area contributed by atoms with Crippen LogP contribution in [0.4, 0.5) is 5.69 Å². The van der Waals surface area contributed by atoms with E-state index in [0.717, 1.165) is 0 Å². The number of ether oxygens (including phenoxy) is 2. The van der Waals surface area contributed by atoms with Crippen LogP contribution in [0.2, 0.25) is 0 Å². The highest BCUT2D eigenvalue weighted by Gasteiger charge is 2.15. The van der Waals surface area contributed by atoms with E-state index in [1.807, 2.05) is 0 Å². The fourth-order valence-corrected chi connectivity index (χ4v) is 2.26. The number of hydrogen-bond donors (Lipinski definition) is 2. The van der Waals surface area contributed by atoms with E-state index >= 15 is 0 Å². The van der Waals surface area contributed by atoms with Crippen molar-refractivity contribution in [2.45, 2.75) is 0 Å². The minimum atomic E-state index is -0.552. The highest BCUT2D eigenvalue weighted by molar-refractivity contribution is 6.05. The summed E-state index contributed by atoms with van der Waals surface area (Å²) < 4.78 is 15.4. The van der Waals surface area contributed by atoms with Gasteiger partial charge in [0.25, 0.3) is 5.91 Å². The zero-order valence-corrected chi connectivity index (χ0v) is 11.2. The predicted molar refractivity (Wildman–Crippen MR) is 77.4 cm³/mol. The molecule has 0 spiro atoms. The molecule has 0 atom stereocenters. The van der Waals surface area contributed by atoms with Crippen molar-refractivity contribution in [3.8, 4) is 11.5 Å². The van der Waals surface area contributed by atoms with E-state index in [4.69, 9.17) is 13.9 Å². The third-order valence-corrected chi connectivity index (χ3v) is 3.31. The van der Waals surface area contributed by atoms with Crippen LogP contribution in [0.1, 0.15) is 10.4 Å².